The summed E-state index contributed by atoms with van der Waals surface area (Å²) in [6, 6.07) is 48.3. The molecule has 0 amide bonds. The lowest BCUT2D eigenvalue weighted by molar-refractivity contribution is 0.466. The van der Waals surface area contributed by atoms with Gasteiger partial charge in [-0.25, -0.2) is 4.98 Å². The van der Waals surface area contributed by atoms with E-state index in [1.54, 1.807) is 52.1 Å². The molecule has 0 bridgehead atoms. The summed E-state index contributed by atoms with van der Waals surface area (Å²) in [4.78, 5) is 10.3. The SMILES string of the molecule is [2H]C(C)(C)c1cc(-c2nc3c(-c4cc(-c5ccccc5)cc(-c5cc(-c6ccc(C(C([2H])([2H])[2H])(C([2H])([2H])[2H])C([2H])([2H])[2H])cc6)ccn5)c4)cccc3n2-c2ccc(-c3c(C([2H])(C)C)cccc3C([2H])(C)C)cc2)c(O)c(C([2H])(C)C)c1. The van der Waals surface area contributed by atoms with Crippen molar-refractivity contribution in [3.8, 4) is 78.6 Å². The van der Waals surface area contributed by atoms with E-state index in [1.807, 2.05) is 141 Å². The average Bonchev–Trinajstić information content (AvgIpc) is 2.81. The highest BCUT2D eigenvalue weighted by molar-refractivity contribution is 5.98. The van der Waals surface area contributed by atoms with Crippen molar-refractivity contribution in [3.63, 3.8) is 0 Å². The van der Waals surface area contributed by atoms with Gasteiger partial charge in [-0.05, 0) is 150 Å². The Labute approximate surface area is 422 Å². The highest BCUT2D eigenvalue weighted by atomic mass is 16.3. The molecule has 9 rings (SSSR count). The number of phenols is 1. The van der Waals surface area contributed by atoms with Gasteiger partial charge < -0.3 is 5.11 Å². The Bertz CT molecular complexity index is 3750. The number of benzene rings is 7. The molecule has 0 aliphatic heterocycles. The van der Waals surface area contributed by atoms with Crippen molar-refractivity contribution in [2.45, 2.75) is 105 Å². The molecule has 4 nitrogen and oxygen atoms in total. The molecule has 0 aliphatic carbocycles. The van der Waals surface area contributed by atoms with E-state index in [4.69, 9.17) is 25.0 Å². The molecule has 0 spiro atoms. The van der Waals surface area contributed by atoms with Gasteiger partial charge in [0.1, 0.15) is 11.6 Å². The summed E-state index contributed by atoms with van der Waals surface area (Å²) < 4.78 is 113. The van der Waals surface area contributed by atoms with Crippen LogP contribution in [0.2, 0.25) is 0 Å². The summed E-state index contributed by atoms with van der Waals surface area (Å²) in [6.45, 7) is 4.09. The molecular weight excluding hydrogens is 827 g/mol. The van der Waals surface area contributed by atoms with E-state index in [2.05, 4.69) is 6.07 Å². The molecule has 0 fully saturated rings. The number of hydrogen-bond acceptors (Lipinski definition) is 3. The Morgan fingerprint density at radius 3 is 1.78 bits per heavy atom. The first kappa shape index (κ1) is 32.6. The van der Waals surface area contributed by atoms with Gasteiger partial charge in [0, 0.05) is 40.8 Å². The van der Waals surface area contributed by atoms with Gasteiger partial charge in [-0.15, -0.1) is 0 Å². The third-order valence-corrected chi connectivity index (χ3v) is 12.8. The molecule has 7 aromatic carbocycles. The van der Waals surface area contributed by atoms with E-state index in [0.717, 1.165) is 50.1 Å². The van der Waals surface area contributed by atoms with Crippen LogP contribution >= 0.6 is 0 Å². The molecular formula is C64H65N3O. The van der Waals surface area contributed by atoms with Crippen molar-refractivity contribution >= 4 is 11.0 Å². The molecule has 0 aliphatic rings. The lowest BCUT2D eigenvalue weighted by atomic mass is 9.85. The Kier molecular flexibility index (Phi) is 8.91. The number of aromatic nitrogens is 3. The third-order valence-electron chi connectivity index (χ3n) is 12.8. The summed E-state index contributed by atoms with van der Waals surface area (Å²) >= 11 is 0. The van der Waals surface area contributed by atoms with E-state index < -0.39 is 49.5 Å². The van der Waals surface area contributed by atoms with Crippen LogP contribution in [0.1, 0.15) is 145 Å². The van der Waals surface area contributed by atoms with Crippen LogP contribution < -0.4 is 0 Å². The van der Waals surface area contributed by atoms with Crippen LogP contribution in [0.5, 0.6) is 5.75 Å². The van der Waals surface area contributed by atoms with E-state index in [1.165, 1.54) is 24.3 Å². The second kappa shape index (κ2) is 18.6. The van der Waals surface area contributed by atoms with Gasteiger partial charge in [0.25, 0.3) is 0 Å². The summed E-state index contributed by atoms with van der Waals surface area (Å²) in [5.74, 6) is -4.11. The van der Waals surface area contributed by atoms with E-state index in [9.17, 15) is 7.85 Å². The predicted molar refractivity (Wildman–Crippen MR) is 288 cm³/mol. The van der Waals surface area contributed by atoms with Gasteiger partial charge in [-0.2, -0.15) is 0 Å². The summed E-state index contributed by atoms with van der Waals surface area (Å²) in [5.41, 5.74) is 8.74. The van der Waals surface area contributed by atoms with Gasteiger partial charge in [-0.3, -0.25) is 9.55 Å². The second-order valence-electron chi connectivity index (χ2n) is 18.6. The number of imidazole rings is 1. The summed E-state index contributed by atoms with van der Waals surface area (Å²) in [6.07, 6.45) is 1.64. The van der Waals surface area contributed by atoms with Gasteiger partial charge in [-0.1, -0.05) is 179 Å². The molecule has 2 aromatic heterocycles. The predicted octanol–water partition coefficient (Wildman–Crippen LogP) is 17.9. The first-order valence-corrected chi connectivity index (χ1v) is 23.0. The summed E-state index contributed by atoms with van der Waals surface area (Å²) in [5, 5.41) is 12.4. The lowest BCUT2D eigenvalue weighted by Crippen LogP contribution is -2.10. The van der Waals surface area contributed by atoms with Crippen LogP contribution in [0.25, 0.3) is 83.9 Å². The van der Waals surface area contributed by atoms with Crippen molar-refractivity contribution in [1.29, 1.82) is 0 Å². The number of phenolic OH excluding ortho intramolecular Hbond substituents is 1. The fourth-order valence-electron chi connectivity index (χ4n) is 9.13. The Morgan fingerprint density at radius 1 is 0.515 bits per heavy atom. The molecule has 9 aromatic rings. The number of hydrogen-bond donors (Lipinski definition) is 1. The van der Waals surface area contributed by atoms with Gasteiger partial charge in [0.15, 0.2) is 0 Å². The van der Waals surface area contributed by atoms with Crippen molar-refractivity contribution in [2.75, 3.05) is 0 Å². The van der Waals surface area contributed by atoms with Gasteiger partial charge >= 0.3 is 0 Å². The maximum Gasteiger partial charge on any atom is 0.149 e. The molecule has 0 atom stereocenters. The van der Waals surface area contributed by atoms with Crippen molar-refractivity contribution in [2.24, 2.45) is 0 Å². The standard InChI is InChI=1S/C64H65N3O/c1-39(2)47-36-56(42(7)8)62(68)57(37-47)63-66-61-55(21-16-22-59(61)67(63)52-29-25-45(26-30-52)60-53(40(3)4)19-15-20-54(60)41(5)6)49-33-48(43-17-13-12-14-18-43)34-50(35-49)58-38-46(31-32-65-58)44-23-27-51(28-24-44)64(9,10)11/h12-42,68H,1-11H3/i9D3,10D3,11D3,39D,40D,41D,42D. The van der Waals surface area contributed by atoms with Crippen LogP contribution in [0, 0.1) is 0 Å². The van der Waals surface area contributed by atoms with Crippen LogP contribution in [0.15, 0.2) is 164 Å². The molecule has 1 N–H and O–H groups in total. The van der Waals surface area contributed by atoms with Gasteiger partial charge in [0.2, 0.25) is 0 Å². The lowest BCUT2D eigenvalue weighted by Gasteiger charge is -2.21. The quantitative estimate of drug-likeness (QED) is 0.141. The molecule has 68 heavy (non-hydrogen) atoms. The van der Waals surface area contributed by atoms with Crippen molar-refractivity contribution < 1.29 is 22.9 Å². The fourth-order valence-corrected chi connectivity index (χ4v) is 9.13. The molecule has 0 saturated carbocycles. The fraction of sp³-hybridized carbons (Fsp3) is 0.250. The zero-order valence-corrected chi connectivity index (χ0v) is 39.9. The van der Waals surface area contributed by atoms with Crippen LogP contribution in [0.4, 0.5) is 0 Å². The maximum absolute atomic E-state index is 12.4. The van der Waals surface area contributed by atoms with Crippen LogP contribution in [0.3, 0.4) is 0 Å². The number of para-hydroxylation sites is 1. The minimum absolute atomic E-state index is 0.133. The average molecular weight is 905 g/mol. The minimum Gasteiger partial charge on any atom is -0.507 e. The number of nitrogens with zero attached hydrogens (tertiary/aromatic N) is 3. The molecule has 2 heterocycles. The minimum atomic E-state index is -3.40. The zero-order valence-electron chi connectivity index (χ0n) is 52.9. The van der Waals surface area contributed by atoms with Gasteiger partial charge in [0.05, 0.1) is 22.3 Å². The Hall–Kier alpha value is -7.04. The Balaban J connectivity index is 1.26. The number of aromatic hydroxyl groups is 1. The monoisotopic (exact) mass is 905 g/mol. The smallest absolute Gasteiger partial charge is 0.149 e. The van der Waals surface area contributed by atoms with Crippen LogP contribution in [-0.2, 0) is 5.41 Å². The molecule has 0 radical (unpaired) electrons. The summed E-state index contributed by atoms with van der Waals surface area (Å²) in [7, 11) is 0. The maximum atomic E-state index is 12.4. The van der Waals surface area contributed by atoms with E-state index >= 15 is 0 Å². The topological polar surface area (TPSA) is 50.9 Å². The first-order valence-electron chi connectivity index (χ1n) is 29.5. The Morgan fingerprint density at radius 2 is 1.13 bits per heavy atom. The third kappa shape index (κ3) is 8.93. The largest absolute Gasteiger partial charge is 0.507 e. The van der Waals surface area contributed by atoms with Crippen molar-refractivity contribution in [3.05, 3.63) is 192 Å². The van der Waals surface area contributed by atoms with E-state index in [-0.39, 0.29) is 11.3 Å². The number of pyridine rings is 1. The molecule has 0 saturated heterocycles. The van der Waals surface area contributed by atoms with Crippen LogP contribution in [-0.4, -0.2) is 19.6 Å². The zero-order chi connectivity index (χ0) is 59.2. The molecule has 0 unspecified atom stereocenters. The second-order valence-corrected chi connectivity index (χ2v) is 18.6. The first-order chi connectivity index (χ1) is 37.5. The highest BCUT2D eigenvalue weighted by Crippen LogP contribution is 2.44. The highest BCUT2D eigenvalue weighted by Gasteiger charge is 2.25. The number of rotatable bonds is 11. The number of fused-ring (bicyclic) bond motifs is 1. The van der Waals surface area contributed by atoms with Crippen molar-refractivity contribution in [1.82, 2.24) is 14.5 Å². The molecule has 4 heteroatoms. The normalized spacial score (nSPS) is 16.0. The molecule has 342 valence electrons. The van der Waals surface area contributed by atoms with E-state index in [0.29, 0.717) is 56.1 Å².